The maximum absolute atomic E-state index is 12.5. The predicted molar refractivity (Wildman–Crippen MR) is 114 cm³/mol. The molecule has 1 aromatic carbocycles. The molecule has 1 aliphatic rings. The average molecular weight is 437 g/mol. The third-order valence-corrected chi connectivity index (χ3v) is 5.44. The van der Waals surface area contributed by atoms with E-state index in [2.05, 4.69) is 17.6 Å². The Morgan fingerprint density at radius 1 is 1.03 bits per heavy atom. The van der Waals surface area contributed by atoms with Crippen LogP contribution in [0, 0.1) is 5.92 Å². The van der Waals surface area contributed by atoms with Crippen LogP contribution in [0.15, 0.2) is 12.1 Å². The monoisotopic (exact) mass is 436 g/mol. The first-order valence-electron chi connectivity index (χ1n) is 10.4. The van der Waals surface area contributed by atoms with Crippen LogP contribution >= 0.6 is 0 Å². The summed E-state index contributed by atoms with van der Waals surface area (Å²) < 4.78 is 20.8. The van der Waals surface area contributed by atoms with E-state index in [0.29, 0.717) is 23.2 Å². The Labute approximate surface area is 182 Å². The second-order valence-electron chi connectivity index (χ2n) is 7.61. The maximum Gasteiger partial charge on any atom is 0.326 e. The summed E-state index contributed by atoms with van der Waals surface area (Å²) >= 11 is 0. The Kier molecular flexibility index (Phi) is 8.96. The van der Waals surface area contributed by atoms with Crippen molar-refractivity contribution in [3.63, 3.8) is 0 Å². The highest BCUT2D eigenvalue weighted by molar-refractivity contribution is 5.97. The lowest BCUT2D eigenvalue weighted by Crippen LogP contribution is -2.46. The molecule has 2 rings (SSSR count). The van der Waals surface area contributed by atoms with E-state index < -0.39 is 18.0 Å². The third-order valence-electron chi connectivity index (χ3n) is 5.44. The number of hydrogen-bond acceptors (Lipinski definition) is 7. The van der Waals surface area contributed by atoms with Gasteiger partial charge in [-0.05, 0) is 37.8 Å². The number of esters is 1. The highest BCUT2D eigenvalue weighted by Gasteiger charge is 2.26. The molecule has 0 bridgehead atoms. The molecule has 2 N–H and O–H groups in total. The molecular formula is C22H32N2O7. The Hall–Kier alpha value is -2.97. The Morgan fingerprint density at radius 2 is 1.65 bits per heavy atom. The summed E-state index contributed by atoms with van der Waals surface area (Å²) in [4.78, 5) is 36.9. The van der Waals surface area contributed by atoms with Crippen molar-refractivity contribution in [3.8, 4) is 17.2 Å². The van der Waals surface area contributed by atoms with Crippen molar-refractivity contribution in [2.75, 3.05) is 27.9 Å². The van der Waals surface area contributed by atoms with Gasteiger partial charge < -0.3 is 29.6 Å². The summed E-state index contributed by atoms with van der Waals surface area (Å²) in [6, 6.07) is 3.05. The van der Waals surface area contributed by atoms with Crippen molar-refractivity contribution in [1.82, 2.24) is 10.6 Å². The molecule has 9 nitrogen and oxygen atoms in total. The van der Waals surface area contributed by atoms with Crippen LogP contribution in [0.5, 0.6) is 17.2 Å². The van der Waals surface area contributed by atoms with E-state index >= 15 is 0 Å². The SMILES string of the molecule is COc1cc(C(=O)NCC(=O)O[C@H](C)C(=O)N[C@H]2CCCC[C@@H]2C)cc(OC)c1OC. The van der Waals surface area contributed by atoms with Gasteiger partial charge in [-0.15, -0.1) is 0 Å². The minimum atomic E-state index is -0.945. The molecule has 2 amide bonds. The molecule has 1 aliphatic carbocycles. The van der Waals surface area contributed by atoms with Gasteiger partial charge in [0.15, 0.2) is 17.6 Å². The van der Waals surface area contributed by atoms with Crippen molar-refractivity contribution < 1.29 is 33.3 Å². The zero-order valence-electron chi connectivity index (χ0n) is 18.8. The summed E-state index contributed by atoms with van der Waals surface area (Å²) in [5.74, 6) is -0.174. The van der Waals surface area contributed by atoms with E-state index in [0.717, 1.165) is 19.3 Å². The van der Waals surface area contributed by atoms with Crippen LogP contribution in [0.25, 0.3) is 0 Å². The summed E-state index contributed by atoms with van der Waals surface area (Å²) in [7, 11) is 4.34. The van der Waals surface area contributed by atoms with Crippen molar-refractivity contribution in [2.24, 2.45) is 5.92 Å². The summed E-state index contributed by atoms with van der Waals surface area (Å²) in [5.41, 5.74) is 0.222. The molecule has 0 saturated heterocycles. The first-order chi connectivity index (χ1) is 14.8. The minimum absolute atomic E-state index is 0.0992. The van der Waals surface area contributed by atoms with Gasteiger partial charge in [-0.3, -0.25) is 14.4 Å². The van der Waals surface area contributed by atoms with Gasteiger partial charge in [0.1, 0.15) is 6.54 Å². The quantitative estimate of drug-likeness (QED) is 0.570. The molecule has 9 heteroatoms. The molecule has 0 heterocycles. The molecule has 0 aliphatic heterocycles. The number of hydrogen-bond donors (Lipinski definition) is 2. The maximum atomic E-state index is 12.5. The van der Waals surface area contributed by atoms with E-state index in [9.17, 15) is 14.4 Å². The summed E-state index contributed by atoms with van der Waals surface area (Å²) in [6.45, 7) is 3.24. The zero-order chi connectivity index (χ0) is 23.0. The number of benzene rings is 1. The number of methoxy groups -OCH3 is 3. The van der Waals surface area contributed by atoms with Crippen molar-refractivity contribution >= 4 is 17.8 Å². The van der Waals surface area contributed by atoms with E-state index in [1.807, 2.05) is 0 Å². The lowest BCUT2D eigenvalue weighted by atomic mass is 9.86. The Balaban J connectivity index is 1.89. The van der Waals surface area contributed by atoms with Gasteiger partial charge in [0, 0.05) is 11.6 Å². The molecule has 1 aromatic rings. The normalized spacial score (nSPS) is 19.0. The van der Waals surface area contributed by atoms with Crippen molar-refractivity contribution in [1.29, 1.82) is 0 Å². The fourth-order valence-electron chi connectivity index (χ4n) is 3.59. The van der Waals surface area contributed by atoms with Crippen LogP contribution in [0.3, 0.4) is 0 Å². The molecule has 0 aromatic heterocycles. The van der Waals surface area contributed by atoms with Crippen LogP contribution in [0.1, 0.15) is 49.9 Å². The predicted octanol–water partition coefficient (Wildman–Crippen LogP) is 2.07. The lowest BCUT2D eigenvalue weighted by molar-refractivity contribution is -0.154. The van der Waals surface area contributed by atoms with Gasteiger partial charge in [-0.2, -0.15) is 0 Å². The van der Waals surface area contributed by atoms with E-state index in [1.165, 1.54) is 46.8 Å². The van der Waals surface area contributed by atoms with Crippen LogP contribution in [0.2, 0.25) is 0 Å². The van der Waals surface area contributed by atoms with Crippen LogP contribution in [-0.4, -0.2) is 57.8 Å². The van der Waals surface area contributed by atoms with Crippen LogP contribution < -0.4 is 24.8 Å². The summed E-state index contributed by atoms with van der Waals surface area (Å²) in [5, 5.41) is 5.43. The molecule has 0 spiro atoms. The van der Waals surface area contributed by atoms with Crippen LogP contribution in [0.4, 0.5) is 0 Å². The second-order valence-corrected chi connectivity index (χ2v) is 7.61. The number of rotatable bonds is 9. The fourth-order valence-corrected chi connectivity index (χ4v) is 3.59. The summed E-state index contributed by atoms with van der Waals surface area (Å²) in [6.07, 6.45) is 3.31. The molecule has 1 saturated carbocycles. The van der Waals surface area contributed by atoms with Gasteiger partial charge in [0.25, 0.3) is 11.8 Å². The number of carbonyl (C=O) groups is 3. The topological polar surface area (TPSA) is 112 Å². The lowest BCUT2D eigenvalue weighted by Gasteiger charge is -2.30. The van der Waals surface area contributed by atoms with Gasteiger partial charge in [0.05, 0.1) is 21.3 Å². The standard InChI is InChI=1S/C22H32N2O7/c1-13-8-6-7-9-16(13)24-21(26)14(2)31-19(25)12-23-22(27)15-10-17(28-3)20(30-5)18(11-15)29-4/h10-11,13-14,16H,6-9,12H2,1-5H3,(H,23,27)(H,24,26)/t13-,14+,16-/m0/s1. The highest BCUT2D eigenvalue weighted by Crippen LogP contribution is 2.38. The fraction of sp³-hybridized carbons (Fsp3) is 0.591. The smallest absolute Gasteiger partial charge is 0.326 e. The van der Waals surface area contributed by atoms with Crippen molar-refractivity contribution in [2.45, 2.75) is 51.7 Å². The number of ether oxygens (including phenoxy) is 4. The molecule has 0 radical (unpaired) electrons. The Bertz CT molecular complexity index is 771. The molecule has 172 valence electrons. The molecule has 1 fully saturated rings. The van der Waals surface area contributed by atoms with Gasteiger partial charge >= 0.3 is 5.97 Å². The van der Waals surface area contributed by atoms with Crippen LogP contribution in [-0.2, 0) is 14.3 Å². The van der Waals surface area contributed by atoms with Gasteiger partial charge in [0.2, 0.25) is 5.75 Å². The first-order valence-corrected chi connectivity index (χ1v) is 10.4. The largest absolute Gasteiger partial charge is 0.493 e. The number of carbonyl (C=O) groups excluding carboxylic acids is 3. The molecule has 31 heavy (non-hydrogen) atoms. The molecule has 0 unspecified atom stereocenters. The molecule has 3 atom stereocenters. The second kappa shape index (κ2) is 11.4. The minimum Gasteiger partial charge on any atom is -0.493 e. The zero-order valence-corrected chi connectivity index (χ0v) is 18.8. The van der Waals surface area contributed by atoms with Crippen molar-refractivity contribution in [3.05, 3.63) is 17.7 Å². The van der Waals surface area contributed by atoms with Gasteiger partial charge in [-0.25, -0.2) is 0 Å². The molecular weight excluding hydrogens is 404 g/mol. The van der Waals surface area contributed by atoms with Gasteiger partial charge in [-0.1, -0.05) is 19.8 Å². The average Bonchev–Trinajstić information content (AvgIpc) is 2.77. The third kappa shape index (κ3) is 6.50. The van der Waals surface area contributed by atoms with E-state index in [4.69, 9.17) is 18.9 Å². The highest BCUT2D eigenvalue weighted by atomic mass is 16.5. The number of nitrogens with one attached hydrogen (secondary N) is 2. The number of amides is 2. The first kappa shape index (κ1) is 24.3. The Morgan fingerprint density at radius 3 is 2.19 bits per heavy atom. The van der Waals surface area contributed by atoms with E-state index in [1.54, 1.807) is 0 Å². The van der Waals surface area contributed by atoms with E-state index in [-0.39, 0.29) is 24.1 Å².